The van der Waals surface area contributed by atoms with Gasteiger partial charge in [-0.15, -0.1) is 10.2 Å². The molecule has 0 fully saturated rings. The van der Waals surface area contributed by atoms with E-state index in [-0.39, 0.29) is 17.9 Å². The number of benzene rings is 1. The molecule has 0 saturated carbocycles. The van der Waals surface area contributed by atoms with Gasteiger partial charge in [0.05, 0.1) is 7.11 Å². The Morgan fingerprint density at radius 3 is 2.70 bits per heavy atom. The van der Waals surface area contributed by atoms with Crippen molar-refractivity contribution in [3.05, 3.63) is 71.3 Å². The normalized spacial score (nSPS) is 10.8. The molecule has 0 spiro atoms. The van der Waals surface area contributed by atoms with Crippen molar-refractivity contribution in [1.82, 2.24) is 19.6 Å². The van der Waals surface area contributed by atoms with Gasteiger partial charge in [-0.25, -0.2) is 13.8 Å². The smallest absolute Gasteiger partial charge is 0.170 e. The number of anilines is 1. The fourth-order valence-corrected chi connectivity index (χ4v) is 3.29. The van der Waals surface area contributed by atoms with Gasteiger partial charge in [-0.2, -0.15) is 5.26 Å². The molecule has 3 aromatic heterocycles. The van der Waals surface area contributed by atoms with Crippen molar-refractivity contribution in [2.45, 2.75) is 13.5 Å². The Morgan fingerprint density at radius 2 is 1.97 bits per heavy atom. The highest BCUT2D eigenvalue weighted by Gasteiger charge is 2.15. The van der Waals surface area contributed by atoms with Gasteiger partial charge < -0.3 is 10.1 Å². The summed E-state index contributed by atoms with van der Waals surface area (Å²) in [5.74, 6) is -0.667. The minimum Gasteiger partial charge on any atom is -0.496 e. The third-order valence-corrected chi connectivity index (χ3v) is 4.73. The first-order chi connectivity index (χ1) is 14.5. The lowest BCUT2D eigenvalue weighted by atomic mass is 10.1. The molecule has 7 nitrogen and oxygen atoms in total. The molecule has 1 N–H and O–H groups in total. The molecule has 0 saturated heterocycles. The van der Waals surface area contributed by atoms with Gasteiger partial charge in [0, 0.05) is 41.1 Å². The Bertz CT molecular complexity index is 1290. The zero-order chi connectivity index (χ0) is 21.3. The van der Waals surface area contributed by atoms with E-state index in [1.807, 2.05) is 25.1 Å². The van der Waals surface area contributed by atoms with Crippen LogP contribution in [0, 0.1) is 29.9 Å². The second kappa shape index (κ2) is 7.75. The number of fused-ring (bicyclic) bond motifs is 1. The second-order valence-corrected chi connectivity index (χ2v) is 6.52. The number of pyridine rings is 2. The Hall–Kier alpha value is -4.06. The highest BCUT2D eigenvalue weighted by molar-refractivity contribution is 5.80. The molecule has 0 aliphatic carbocycles. The largest absolute Gasteiger partial charge is 0.496 e. The van der Waals surface area contributed by atoms with Crippen molar-refractivity contribution < 1.29 is 13.5 Å². The Balaban J connectivity index is 1.70. The van der Waals surface area contributed by atoms with Crippen molar-refractivity contribution >= 4 is 11.5 Å². The first-order valence-corrected chi connectivity index (χ1v) is 8.98. The molecule has 0 atom stereocenters. The molecule has 0 aliphatic rings. The summed E-state index contributed by atoms with van der Waals surface area (Å²) in [5.41, 5.74) is 3.42. The number of hydrogen-bond donors (Lipinski definition) is 1. The molecule has 3 heterocycles. The monoisotopic (exact) mass is 406 g/mol. The molecule has 9 heteroatoms. The summed E-state index contributed by atoms with van der Waals surface area (Å²) in [6.45, 7) is 1.89. The third-order valence-electron chi connectivity index (χ3n) is 4.73. The Kier molecular flexibility index (Phi) is 4.98. The molecule has 4 rings (SSSR count). The van der Waals surface area contributed by atoms with Gasteiger partial charge in [0.25, 0.3) is 0 Å². The lowest BCUT2D eigenvalue weighted by Gasteiger charge is -2.14. The van der Waals surface area contributed by atoms with Crippen molar-refractivity contribution in [2.24, 2.45) is 0 Å². The Morgan fingerprint density at radius 1 is 1.17 bits per heavy atom. The van der Waals surface area contributed by atoms with Gasteiger partial charge in [-0.3, -0.25) is 4.40 Å². The van der Waals surface area contributed by atoms with Gasteiger partial charge in [0.2, 0.25) is 0 Å². The van der Waals surface area contributed by atoms with Crippen LogP contribution in [0.3, 0.4) is 0 Å². The highest BCUT2D eigenvalue weighted by atomic mass is 19.1. The van der Waals surface area contributed by atoms with Gasteiger partial charge in [0.15, 0.2) is 5.65 Å². The minimum absolute atomic E-state index is 0.0688. The van der Waals surface area contributed by atoms with Gasteiger partial charge in [-0.05, 0) is 31.2 Å². The fraction of sp³-hybridized carbons (Fsp3) is 0.143. The van der Waals surface area contributed by atoms with E-state index >= 15 is 0 Å². The maximum atomic E-state index is 14.2. The number of aryl methyl sites for hydroxylation is 1. The zero-order valence-electron chi connectivity index (χ0n) is 16.1. The maximum Gasteiger partial charge on any atom is 0.170 e. The number of halogens is 2. The van der Waals surface area contributed by atoms with Crippen LogP contribution in [0.1, 0.15) is 17.0 Å². The average Bonchev–Trinajstić information content (AvgIpc) is 3.23. The van der Waals surface area contributed by atoms with Crippen LogP contribution in [0.2, 0.25) is 0 Å². The number of nitrogens with zero attached hydrogens (tertiary/aromatic N) is 5. The molecule has 1 aromatic carbocycles. The molecule has 30 heavy (non-hydrogen) atoms. The van der Waals surface area contributed by atoms with Crippen LogP contribution in [0.5, 0.6) is 5.75 Å². The molecule has 150 valence electrons. The number of ether oxygens (including phenoxy) is 1. The molecule has 0 amide bonds. The summed E-state index contributed by atoms with van der Waals surface area (Å²) < 4.78 is 34.5. The molecule has 0 unspecified atom stereocenters. The summed E-state index contributed by atoms with van der Waals surface area (Å²) in [5, 5.41) is 20.3. The SMILES string of the molecule is COc1cc(F)cc(F)c1CNc1ccc(-c2ccc(C#N)nc2C)c2nncn12. The maximum absolute atomic E-state index is 14.2. The van der Waals surface area contributed by atoms with Crippen molar-refractivity contribution in [1.29, 1.82) is 5.26 Å². The summed E-state index contributed by atoms with van der Waals surface area (Å²) in [6.07, 6.45) is 1.53. The van der Waals surface area contributed by atoms with Gasteiger partial charge in [-0.1, -0.05) is 0 Å². The van der Waals surface area contributed by atoms with Crippen LogP contribution >= 0.6 is 0 Å². The van der Waals surface area contributed by atoms with E-state index in [4.69, 9.17) is 10.00 Å². The molecular formula is C21H16F2N6O. The standard InChI is InChI=1S/C21H16F2N6O/c1-12-15(4-3-14(9-24)27-12)16-5-6-20(29-11-26-28-21(16)29)25-10-17-18(23)7-13(22)8-19(17)30-2/h3-8,11,25H,10H2,1-2H3. The topological polar surface area (TPSA) is 88.1 Å². The summed E-state index contributed by atoms with van der Waals surface area (Å²) >= 11 is 0. The van der Waals surface area contributed by atoms with E-state index in [1.165, 1.54) is 13.4 Å². The van der Waals surface area contributed by atoms with E-state index in [0.29, 0.717) is 22.9 Å². The first-order valence-electron chi connectivity index (χ1n) is 8.98. The third kappa shape index (κ3) is 3.39. The fourth-order valence-electron chi connectivity index (χ4n) is 3.29. The van der Waals surface area contributed by atoms with Crippen LogP contribution in [0.15, 0.2) is 42.7 Å². The van der Waals surface area contributed by atoms with Gasteiger partial charge in [0.1, 0.15) is 41.3 Å². The lowest BCUT2D eigenvalue weighted by Crippen LogP contribution is -2.08. The number of nitriles is 1. The summed E-state index contributed by atoms with van der Waals surface area (Å²) in [7, 11) is 1.36. The van der Waals surface area contributed by atoms with Crippen LogP contribution in [-0.2, 0) is 6.54 Å². The van der Waals surface area contributed by atoms with Crippen molar-refractivity contribution in [3.8, 4) is 22.9 Å². The molecule has 0 bridgehead atoms. The number of aromatic nitrogens is 4. The van der Waals surface area contributed by atoms with Crippen LogP contribution in [0.25, 0.3) is 16.8 Å². The van der Waals surface area contributed by atoms with Crippen LogP contribution in [0.4, 0.5) is 14.6 Å². The number of nitrogens with one attached hydrogen (secondary N) is 1. The van der Waals surface area contributed by atoms with E-state index in [9.17, 15) is 8.78 Å². The quantitative estimate of drug-likeness (QED) is 0.541. The average molecular weight is 406 g/mol. The molecule has 4 aromatic rings. The molecule has 0 radical (unpaired) electrons. The minimum atomic E-state index is -0.704. The number of rotatable bonds is 5. The highest BCUT2D eigenvalue weighted by Crippen LogP contribution is 2.29. The lowest BCUT2D eigenvalue weighted by molar-refractivity contribution is 0.400. The predicted octanol–water partition coefficient (Wildman–Crippen LogP) is 3.87. The van der Waals surface area contributed by atoms with E-state index in [1.54, 1.807) is 16.5 Å². The Labute approximate surface area is 170 Å². The van der Waals surface area contributed by atoms with E-state index in [2.05, 4.69) is 20.5 Å². The van der Waals surface area contributed by atoms with Crippen molar-refractivity contribution in [2.75, 3.05) is 12.4 Å². The second-order valence-electron chi connectivity index (χ2n) is 6.52. The number of hydrogen-bond acceptors (Lipinski definition) is 6. The summed E-state index contributed by atoms with van der Waals surface area (Å²) in [6, 6.07) is 11.1. The zero-order valence-corrected chi connectivity index (χ0v) is 16.1. The van der Waals surface area contributed by atoms with Gasteiger partial charge >= 0.3 is 0 Å². The first kappa shape index (κ1) is 19.3. The summed E-state index contributed by atoms with van der Waals surface area (Å²) in [4.78, 5) is 4.27. The van der Waals surface area contributed by atoms with Crippen LogP contribution < -0.4 is 10.1 Å². The number of methoxy groups -OCH3 is 1. The molecule has 0 aliphatic heterocycles. The van der Waals surface area contributed by atoms with E-state index in [0.717, 1.165) is 23.3 Å². The molecular weight excluding hydrogens is 390 g/mol. The van der Waals surface area contributed by atoms with Crippen LogP contribution in [-0.4, -0.2) is 26.7 Å². The predicted molar refractivity (Wildman–Crippen MR) is 106 cm³/mol. The van der Waals surface area contributed by atoms with E-state index < -0.39 is 11.6 Å². The van der Waals surface area contributed by atoms with Crippen molar-refractivity contribution in [3.63, 3.8) is 0 Å².